The first-order valence-corrected chi connectivity index (χ1v) is 8.26. The zero-order valence-corrected chi connectivity index (χ0v) is 11.0. The van der Waals surface area contributed by atoms with Crippen LogP contribution in [0.3, 0.4) is 0 Å². The number of hydrogen-bond acceptors (Lipinski definition) is 5. The number of rotatable bonds is 9. The summed E-state index contributed by atoms with van der Waals surface area (Å²) in [4.78, 5) is 21.2. The van der Waals surface area contributed by atoms with Gasteiger partial charge in [-0.2, -0.15) is 0 Å². The number of carboxylic acids is 2. The molecule has 0 spiro atoms. The lowest BCUT2D eigenvalue weighted by molar-refractivity contribution is -0.140. The van der Waals surface area contributed by atoms with Gasteiger partial charge in [0.05, 0.1) is 11.7 Å². The predicted octanol–water partition coefficient (Wildman–Crippen LogP) is 1.70. The number of hydrogen-bond donors (Lipinski definition) is 4. The van der Waals surface area contributed by atoms with Crippen LogP contribution in [0.4, 0.5) is 0 Å². The fraction of sp³-hybridized carbons (Fsp3) is 0.750. The van der Waals surface area contributed by atoms with E-state index < -0.39 is 24.5 Å². The maximum atomic E-state index is 11.9. The molecule has 0 aliphatic rings. The molecule has 100 valence electrons. The van der Waals surface area contributed by atoms with Crippen molar-refractivity contribution in [3.05, 3.63) is 0 Å². The van der Waals surface area contributed by atoms with E-state index in [0.29, 0.717) is 6.42 Å². The molecule has 0 radical (unpaired) electrons. The van der Waals surface area contributed by atoms with Gasteiger partial charge in [-0.1, -0.05) is 6.92 Å². The van der Waals surface area contributed by atoms with Gasteiger partial charge in [0, 0.05) is 12.6 Å². The molecule has 7 nitrogen and oxygen atoms in total. The highest BCUT2D eigenvalue weighted by Crippen LogP contribution is 2.53. The van der Waals surface area contributed by atoms with Crippen molar-refractivity contribution in [3.8, 4) is 0 Å². The second-order valence-corrected chi connectivity index (χ2v) is 7.91. The molecule has 0 rings (SSSR count). The molecule has 1 unspecified atom stereocenters. The minimum Gasteiger partial charge on any atom is -0.481 e. The van der Waals surface area contributed by atoms with Crippen LogP contribution in [0, 0.1) is 0 Å². The van der Waals surface area contributed by atoms with Crippen molar-refractivity contribution in [3.63, 3.8) is 0 Å². The summed E-state index contributed by atoms with van der Waals surface area (Å²) in [6.07, 6.45) is 0.138. The van der Waals surface area contributed by atoms with Crippen molar-refractivity contribution in [2.24, 2.45) is 0 Å². The summed E-state index contributed by atoms with van der Waals surface area (Å²) in [5.41, 5.74) is 0. The van der Waals surface area contributed by atoms with E-state index in [2.05, 4.69) is 5.09 Å². The second kappa shape index (κ2) is 7.71. The average molecular weight is 285 g/mol. The predicted molar refractivity (Wildman–Crippen MR) is 64.4 cm³/mol. The molecule has 0 saturated heterocycles. The molecule has 0 heterocycles. The Hall–Kier alpha value is -0.560. The molecule has 0 fully saturated rings. The van der Waals surface area contributed by atoms with E-state index in [1.165, 1.54) is 0 Å². The standard InChI is InChI=1S/C8H16NO6PS/c1-2-5-16(14,17-15)9-6(8(12)13)3-4-7(10)11/h6,15H,2-5H2,1H3,(H,9,14)(H,10,11)(H,12,13)/t6-,16?/m0/s1. The highest BCUT2D eigenvalue weighted by molar-refractivity contribution is 8.54. The first-order chi connectivity index (χ1) is 7.84. The summed E-state index contributed by atoms with van der Waals surface area (Å²) in [6.45, 7) is -1.47. The summed E-state index contributed by atoms with van der Waals surface area (Å²) in [6, 6.07) is -1.23. The van der Waals surface area contributed by atoms with Crippen molar-refractivity contribution in [1.29, 1.82) is 0 Å². The van der Waals surface area contributed by atoms with Crippen LogP contribution in [0.25, 0.3) is 0 Å². The van der Waals surface area contributed by atoms with E-state index in [0.717, 1.165) is 0 Å². The van der Waals surface area contributed by atoms with Crippen molar-refractivity contribution < 1.29 is 28.9 Å². The molecule has 9 heteroatoms. The second-order valence-electron chi connectivity index (χ2n) is 3.43. The summed E-state index contributed by atoms with van der Waals surface area (Å²) in [5.74, 6) is -2.41. The van der Waals surface area contributed by atoms with Gasteiger partial charge in [0.1, 0.15) is 6.04 Å². The molecule has 0 aliphatic heterocycles. The summed E-state index contributed by atoms with van der Waals surface area (Å²) in [7, 11) is 0. The number of carboxylic acid groups (broad SMARTS) is 2. The van der Waals surface area contributed by atoms with Crippen molar-refractivity contribution in [2.45, 2.75) is 32.2 Å². The van der Waals surface area contributed by atoms with Crippen LogP contribution < -0.4 is 5.09 Å². The van der Waals surface area contributed by atoms with Gasteiger partial charge < -0.3 is 14.8 Å². The Morgan fingerprint density at radius 1 is 1.41 bits per heavy atom. The maximum absolute atomic E-state index is 11.9. The first kappa shape index (κ1) is 16.4. The quantitative estimate of drug-likeness (QED) is 0.373. The highest BCUT2D eigenvalue weighted by atomic mass is 32.7. The lowest BCUT2D eigenvalue weighted by Crippen LogP contribution is -2.35. The normalized spacial score (nSPS) is 16.1. The van der Waals surface area contributed by atoms with Gasteiger partial charge in [0.25, 0.3) is 0 Å². The van der Waals surface area contributed by atoms with Crippen LogP contribution in [0.15, 0.2) is 0 Å². The fourth-order valence-electron chi connectivity index (χ4n) is 1.17. The molecule has 0 amide bonds. The summed E-state index contributed by atoms with van der Waals surface area (Å²) in [5, 5.41) is 19.6. The van der Waals surface area contributed by atoms with E-state index in [1.54, 1.807) is 6.92 Å². The Balaban J connectivity index is 4.56. The SMILES string of the molecule is CCCP(=O)(N[C@@H](CCC(=O)O)C(=O)O)SO. The monoisotopic (exact) mass is 285 g/mol. The van der Waals surface area contributed by atoms with Crippen LogP contribution >= 0.6 is 18.2 Å². The average Bonchev–Trinajstić information content (AvgIpc) is 2.24. The lowest BCUT2D eigenvalue weighted by atomic mass is 10.2. The van der Waals surface area contributed by atoms with Gasteiger partial charge in [-0.15, -0.1) is 0 Å². The summed E-state index contributed by atoms with van der Waals surface area (Å²) < 4.78 is 20.8. The van der Waals surface area contributed by atoms with Gasteiger partial charge in [-0.05, 0) is 12.8 Å². The Bertz CT molecular complexity index is 323. The molecule has 17 heavy (non-hydrogen) atoms. The molecule has 0 bridgehead atoms. The first-order valence-electron chi connectivity index (χ1n) is 4.99. The maximum Gasteiger partial charge on any atom is 0.321 e. The smallest absolute Gasteiger partial charge is 0.321 e. The lowest BCUT2D eigenvalue weighted by Gasteiger charge is -2.20. The van der Waals surface area contributed by atoms with Crippen LogP contribution in [-0.4, -0.2) is 38.9 Å². The van der Waals surface area contributed by atoms with Gasteiger partial charge >= 0.3 is 11.9 Å². The Morgan fingerprint density at radius 3 is 2.35 bits per heavy atom. The third-order valence-electron chi connectivity index (χ3n) is 1.95. The molecule has 0 aromatic carbocycles. The van der Waals surface area contributed by atoms with Crippen molar-refractivity contribution in [2.75, 3.05) is 6.16 Å². The minimum absolute atomic E-state index is 0.110. The Labute approximate surface area is 103 Å². The van der Waals surface area contributed by atoms with Gasteiger partial charge in [0.2, 0.25) is 6.49 Å². The molecule has 0 aromatic heterocycles. The zero-order valence-electron chi connectivity index (χ0n) is 9.33. The fourth-order valence-corrected chi connectivity index (χ4v) is 4.05. The van der Waals surface area contributed by atoms with Gasteiger partial charge in [-0.25, -0.2) is 5.09 Å². The highest BCUT2D eigenvalue weighted by Gasteiger charge is 2.29. The number of nitrogens with one attached hydrogen (secondary N) is 1. The third kappa shape index (κ3) is 6.68. The molecular weight excluding hydrogens is 269 g/mol. The molecule has 4 N–H and O–H groups in total. The van der Waals surface area contributed by atoms with E-state index in [1.807, 2.05) is 0 Å². The van der Waals surface area contributed by atoms with Crippen LogP contribution in [0.2, 0.25) is 0 Å². The molecule has 0 aliphatic carbocycles. The molecule has 0 saturated carbocycles. The van der Waals surface area contributed by atoms with Crippen LogP contribution in [0.5, 0.6) is 0 Å². The van der Waals surface area contributed by atoms with Crippen molar-refractivity contribution in [1.82, 2.24) is 5.09 Å². The summed E-state index contributed by atoms with van der Waals surface area (Å²) >= 11 is 0.110. The molecular formula is C8H16NO6PS. The van der Waals surface area contributed by atoms with E-state index >= 15 is 0 Å². The minimum atomic E-state index is -3.22. The van der Waals surface area contributed by atoms with Crippen LogP contribution in [0.1, 0.15) is 26.2 Å². The topological polar surface area (TPSA) is 124 Å². The van der Waals surface area contributed by atoms with Crippen LogP contribution in [-0.2, 0) is 14.2 Å². The van der Waals surface area contributed by atoms with E-state index in [9.17, 15) is 14.2 Å². The number of aliphatic carboxylic acids is 2. The molecule has 2 atom stereocenters. The Kier molecular flexibility index (Phi) is 7.45. The van der Waals surface area contributed by atoms with Crippen molar-refractivity contribution >= 4 is 30.1 Å². The number of carbonyl (C=O) groups is 2. The third-order valence-corrected chi connectivity index (χ3v) is 5.61. The van der Waals surface area contributed by atoms with E-state index in [4.69, 9.17) is 14.8 Å². The zero-order chi connectivity index (χ0) is 13.5. The van der Waals surface area contributed by atoms with Gasteiger partial charge in [0.15, 0.2) is 0 Å². The van der Waals surface area contributed by atoms with Gasteiger partial charge in [-0.3, -0.25) is 14.2 Å². The van der Waals surface area contributed by atoms with E-state index in [-0.39, 0.29) is 30.7 Å². The Morgan fingerprint density at radius 2 is 2.00 bits per heavy atom. The largest absolute Gasteiger partial charge is 0.481 e. The molecule has 0 aromatic rings.